The zero-order valence-electron chi connectivity index (χ0n) is 21.2. The number of fused-ring (bicyclic) bond motifs is 1. The number of rotatable bonds is 6. The van der Waals surface area contributed by atoms with Crippen LogP contribution in [0.3, 0.4) is 0 Å². The Hall–Kier alpha value is -4.25. The highest BCUT2D eigenvalue weighted by Gasteiger charge is 2.19. The number of nitrogens with zero attached hydrogens (tertiary/aromatic N) is 5. The molecule has 0 aliphatic heterocycles. The molecule has 0 spiro atoms. The van der Waals surface area contributed by atoms with Gasteiger partial charge in [0.05, 0.1) is 40.2 Å². The largest absolute Gasteiger partial charge is 0.480 e. The van der Waals surface area contributed by atoms with Gasteiger partial charge in [-0.05, 0) is 12.1 Å². The van der Waals surface area contributed by atoms with Crippen LogP contribution in [0.5, 0.6) is 5.88 Å². The molecule has 0 bridgehead atoms. The molecule has 0 fully saturated rings. The van der Waals surface area contributed by atoms with Gasteiger partial charge in [0.25, 0.3) is 5.56 Å². The van der Waals surface area contributed by atoms with Gasteiger partial charge in [0.1, 0.15) is 16.9 Å². The summed E-state index contributed by atoms with van der Waals surface area (Å²) in [6.07, 6.45) is 3.11. The van der Waals surface area contributed by atoms with Crippen molar-refractivity contribution in [3.63, 3.8) is 0 Å². The average Bonchev–Trinajstić information content (AvgIpc) is 2.96. The van der Waals surface area contributed by atoms with E-state index < -0.39 is 11.2 Å². The smallest absolute Gasteiger partial charge is 0.330 e. The number of ether oxygens (including phenoxy) is 1. The fraction of sp³-hybridized carbons (Fsp3) is 0.148. The van der Waals surface area contributed by atoms with Crippen LogP contribution in [0.4, 0.5) is 11.5 Å². The Morgan fingerprint density at radius 3 is 2.36 bits per heavy atom. The van der Waals surface area contributed by atoms with Gasteiger partial charge in [0, 0.05) is 43.5 Å². The number of nitrogens with one attached hydrogen (secondary N) is 1. The molecule has 0 amide bonds. The number of aryl methyl sites for hydroxylation is 1. The molecule has 12 heteroatoms. The van der Waals surface area contributed by atoms with E-state index in [4.69, 9.17) is 33.7 Å². The van der Waals surface area contributed by atoms with Crippen molar-refractivity contribution in [2.24, 2.45) is 19.8 Å². The van der Waals surface area contributed by atoms with Crippen LogP contribution in [0.25, 0.3) is 33.3 Å². The zero-order valence-corrected chi connectivity index (χ0v) is 22.7. The van der Waals surface area contributed by atoms with Crippen molar-refractivity contribution in [1.29, 1.82) is 0 Å². The molecule has 2 aromatic carbocycles. The summed E-state index contributed by atoms with van der Waals surface area (Å²) in [5, 5.41) is 4.21. The monoisotopic (exact) mass is 563 g/mol. The van der Waals surface area contributed by atoms with Crippen LogP contribution in [0.15, 0.2) is 64.4 Å². The number of halogens is 2. The molecule has 0 unspecified atom stereocenters. The third-order valence-electron chi connectivity index (χ3n) is 6.40. The third kappa shape index (κ3) is 4.52. The third-order valence-corrected chi connectivity index (χ3v) is 7.21. The maximum atomic E-state index is 13.0. The fourth-order valence-electron chi connectivity index (χ4n) is 4.35. The SMILES string of the molecule is COc1nc(-c2cccc(-c3cccc(Nc4nccc5c4c(=O)n(C)c(=O)n5C)c3Cl)c2Cl)cnc1CN. The summed E-state index contributed by atoms with van der Waals surface area (Å²) in [5.74, 6) is 0.594. The van der Waals surface area contributed by atoms with Crippen LogP contribution in [-0.4, -0.2) is 31.2 Å². The Kier molecular flexibility index (Phi) is 7.09. The van der Waals surface area contributed by atoms with Gasteiger partial charge in [0.15, 0.2) is 0 Å². The summed E-state index contributed by atoms with van der Waals surface area (Å²) in [4.78, 5) is 38.6. The Balaban J connectivity index is 1.60. The Morgan fingerprint density at radius 1 is 0.949 bits per heavy atom. The first kappa shape index (κ1) is 26.4. The minimum absolute atomic E-state index is 0.188. The van der Waals surface area contributed by atoms with Crippen molar-refractivity contribution >= 4 is 45.6 Å². The van der Waals surface area contributed by atoms with E-state index >= 15 is 0 Å². The number of aromatic nitrogens is 5. The van der Waals surface area contributed by atoms with E-state index in [0.29, 0.717) is 55.2 Å². The minimum Gasteiger partial charge on any atom is -0.480 e. The van der Waals surface area contributed by atoms with Crippen LogP contribution < -0.4 is 27.0 Å². The number of hydrogen-bond donors (Lipinski definition) is 2. The lowest BCUT2D eigenvalue weighted by Gasteiger charge is -2.16. The second-order valence-corrected chi connectivity index (χ2v) is 9.39. The molecule has 3 N–H and O–H groups in total. The molecule has 0 saturated carbocycles. The fourth-order valence-corrected chi connectivity index (χ4v) is 4.95. The summed E-state index contributed by atoms with van der Waals surface area (Å²) in [7, 11) is 4.52. The molecule has 5 aromatic rings. The van der Waals surface area contributed by atoms with E-state index in [1.807, 2.05) is 30.3 Å². The molecule has 0 radical (unpaired) electrons. The van der Waals surface area contributed by atoms with E-state index in [1.165, 1.54) is 24.9 Å². The van der Waals surface area contributed by atoms with E-state index in [1.54, 1.807) is 25.4 Å². The summed E-state index contributed by atoms with van der Waals surface area (Å²) in [6.45, 7) is 0.188. The summed E-state index contributed by atoms with van der Waals surface area (Å²) in [5.41, 5.74) is 8.77. The first-order valence-electron chi connectivity index (χ1n) is 11.8. The maximum absolute atomic E-state index is 13.0. The summed E-state index contributed by atoms with van der Waals surface area (Å²) < 4.78 is 7.76. The van der Waals surface area contributed by atoms with E-state index in [-0.39, 0.29) is 17.7 Å². The molecule has 198 valence electrons. The highest BCUT2D eigenvalue weighted by Crippen LogP contribution is 2.41. The van der Waals surface area contributed by atoms with Crippen LogP contribution in [0.2, 0.25) is 10.0 Å². The average molecular weight is 564 g/mol. The van der Waals surface area contributed by atoms with Gasteiger partial charge in [-0.1, -0.05) is 53.5 Å². The van der Waals surface area contributed by atoms with Gasteiger partial charge in [0.2, 0.25) is 5.88 Å². The van der Waals surface area contributed by atoms with Crippen LogP contribution in [-0.2, 0) is 20.6 Å². The molecule has 0 aliphatic rings. The molecule has 3 heterocycles. The minimum atomic E-state index is -0.469. The Bertz CT molecular complexity index is 1870. The highest BCUT2D eigenvalue weighted by atomic mass is 35.5. The van der Waals surface area contributed by atoms with Gasteiger partial charge in [-0.15, -0.1) is 0 Å². The number of methoxy groups -OCH3 is 1. The van der Waals surface area contributed by atoms with Gasteiger partial charge in [-0.2, -0.15) is 0 Å². The Morgan fingerprint density at radius 2 is 1.64 bits per heavy atom. The summed E-state index contributed by atoms with van der Waals surface area (Å²) in [6, 6.07) is 12.5. The predicted octanol–water partition coefficient (Wildman–Crippen LogP) is 4.27. The molecular formula is C27H23Cl2N7O3. The van der Waals surface area contributed by atoms with Gasteiger partial charge < -0.3 is 15.8 Å². The molecule has 5 rings (SSSR count). The number of hydrogen-bond acceptors (Lipinski definition) is 8. The number of anilines is 2. The van der Waals surface area contributed by atoms with Gasteiger partial charge >= 0.3 is 5.69 Å². The predicted molar refractivity (Wildman–Crippen MR) is 153 cm³/mol. The molecule has 0 aliphatic carbocycles. The highest BCUT2D eigenvalue weighted by molar-refractivity contribution is 6.39. The lowest BCUT2D eigenvalue weighted by molar-refractivity contribution is 0.390. The standard InChI is InChI=1S/C27H23Cl2N7O3/c1-35-20-10-11-31-24(21(20)26(37)36(2)27(35)38)33-17-9-5-7-15(23(17)29)14-6-4-8-16(22(14)28)19-13-32-18(12-30)25(34-19)39-3/h4-11,13H,12,30H2,1-3H3,(H,31,33). The van der Waals surface area contributed by atoms with E-state index in [9.17, 15) is 9.59 Å². The van der Waals surface area contributed by atoms with Gasteiger partial charge in [-0.25, -0.2) is 14.8 Å². The molecule has 3 aromatic heterocycles. The first-order chi connectivity index (χ1) is 18.8. The molecule has 0 atom stereocenters. The zero-order chi connectivity index (χ0) is 27.8. The topological polar surface area (TPSA) is 130 Å². The van der Waals surface area contributed by atoms with Crippen molar-refractivity contribution in [2.45, 2.75) is 6.54 Å². The maximum Gasteiger partial charge on any atom is 0.330 e. The quantitative estimate of drug-likeness (QED) is 0.313. The number of nitrogens with two attached hydrogens (primary N) is 1. The Labute approximate surface area is 232 Å². The molecular weight excluding hydrogens is 541 g/mol. The van der Waals surface area contributed by atoms with E-state index in [0.717, 1.165) is 4.57 Å². The molecule has 0 saturated heterocycles. The van der Waals surface area contributed by atoms with Crippen molar-refractivity contribution in [3.8, 4) is 28.3 Å². The van der Waals surface area contributed by atoms with E-state index in [2.05, 4.69) is 20.3 Å². The van der Waals surface area contributed by atoms with Crippen molar-refractivity contribution in [2.75, 3.05) is 12.4 Å². The van der Waals surface area contributed by atoms with Crippen molar-refractivity contribution < 1.29 is 4.74 Å². The van der Waals surface area contributed by atoms with Crippen molar-refractivity contribution in [1.82, 2.24) is 24.1 Å². The van der Waals surface area contributed by atoms with Crippen LogP contribution in [0, 0.1) is 0 Å². The van der Waals surface area contributed by atoms with Crippen LogP contribution >= 0.6 is 23.2 Å². The number of pyridine rings is 1. The molecule has 10 nitrogen and oxygen atoms in total. The van der Waals surface area contributed by atoms with Crippen molar-refractivity contribution in [3.05, 3.63) is 91.4 Å². The lowest BCUT2D eigenvalue weighted by Crippen LogP contribution is -2.37. The molecule has 39 heavy (non-hydrogen) atoms. The normalized spacial score (nSPS) is 11.1. The first-order valence-corrected chi connectivity index (χ1v) is 12.5. The van der Waals surface area contributed by atoms with Crippen LogP contribution in [0.1, 0.15) is 5.69 Å². The number of benzene rings is 2. The summed E-state index contributed by atoms with van der Waals surface area (Å²) >= 11 is 13.8. The van der Waals surface area contributed by atoms with Gasteiger partial charge in [-0.3, -0.25) is 18.9 Å². The lowest BCUT2D eigenvalue weighted by atomic mass is 10.0. The second-order valence-electron chi connectivity index (χ2n) is 8.63. The second kappa shape index (κ2) is 10.5.